The lowest BCUT2D eigenvalue weighted by Crippen LogP contribution is -2.49. The summed E-state index contributed by atoms with van der Waals surface area (Å²) >= 11 is 0. The van der Waals surface area contributed by atoms with Crippen molar-refractivity contribution >= 4 is 17.5 Å². The molecule has 1 atom stereocenters. The Hall–Kier alpha value is -2.64. The molecular formula is C21H29N5O2. The highest BCUT2D eigenvalue weighted by Crippen LogP contribution is 2.21. The van der Waals surface area contributed by atoms with Crippen molar-refractivity contribution in [2.75, 3.05) is 45.1 Å². The van der Waals surface area contributed by atoms with E-state index >= 15 is 0 Å². The van der Waals surface area contributed by atoms with Crippen LogP contribution in [0.25, 0.3) is 0 Å². The second-order valence-corrected chi connectivity index (χ2v) is 7.43. The molecule has 2 amide bonds. The Morgan fingerprint density at radius 1 is 1.00 bits per heavy atom. The summed E-state index contributed by atoms with van der Waals surface area (Å²) in [7, 11) is 4.12. The fraction of sp³-hybridized carbons (Fsp3) is 0.429. The minimum atomic E-state index is -0.645. The number of carbonyl (C=O) groups is 2. The van der Waals surface area contributed by atoms with Crippen LogP contribution >= 0.6 is 0 Å². The topological polar surface area (TPSA) is 69.6 Å². The van der Waals surface area contributed by atoms with E-state index in [-0.39, 0.29) is 6.04 Å². The van der Waals surface area contributed by atoms with Crippen molar-refractivity contribution in [1.82, 2.24) is 19.7 Å². The van der Waals surface area contributed by atoms with Crippen molar-refractivity contribution in [3.63, 3.8) is 0 Å². The van der Waals surface area contributed by atoms with Gasteiger partial charge in [0, 0.05) is 57.3 Å². The number of nitrogens with one attached hydrogen (secondary N) is 2. The van der Waals surface area contributed by atoms with Crippen LogP contribution < -0.4 is 10.6 Å². The maximum absolute atomic E-state index is 12.4. The highest BCUT2D eigenvalue weighted by atomic mass is 16.2. The lowest BCUT2D eigenvalue weighted by molar-refractivity contribution is -0.136. The molecule has 150 valence electrons. The Kier molecular flexibility index (Phi) is 6.49. The van der Waals surface area contributed by atoms with E-state index in [4.69, 9.17) is 0 Å². The highest BCUT2D eigenvalue weighted by Gasteiger charge is 2.26. The summed E-state index contributed by atoms with van der Waals surface area (Å²) in [4.78, 5) is 29.3. The van der Waals surface area contributed by atoms with Gasteiger partial charge in [0.15, 0.2) is 0 Å². The monoisotopic (exact) mass is 383 g/mol. The third-order valence-electron chi connectivity index (χ3n) is 5.28. The maximum atomic E-state index is 12.4. The van der Waals surface area contributed by atoms with Crippen LogP contribution in [0.5, 0.6) is 0 Å². The van der Waals surface area contributed by atoms with Gasteiger partial charge in [-0.3, -0.25) is 14.5 Å². The van der Waals surface area contributed by atoms with E-state index in [1.807, 2.05) is 38.4 Å². The van der Waals surface area contributed by atoms with Crippen molar-refractivity contribution in [2.45, 2.75) is 13.0 Å². The molecule has 1 saturated heterocycles. The molecule has 28 heavy (non-hydrogen) atoms. The van der Waals surface area contributed by atoms with Crippen molar-refractivity contribution in [3.05, 3.63) is 53.9 Å². The first kappa shape index (κ1) is 20.1. The van der Waals surface area contributed by atoms with Crippen molar-refractivity contribution < 1.29 is 9.59 Å². The number of nitrogens with zero attached hydrogens (tertiary/aromatic N) is 3. The number of likely N-dealkylation sites (N-methyl/N-ethyl adjacent to an activating group) is 1. The third-order valence-corrected chi connectivity index (χ3v) is 5.28. The predicted molar refractivity (Wildman–Crippen MR) is 110 cm³/mol. The molecule has 0 spiro atoms. The molecule has 2 aromatic rings. The van der Waals surface area contributed by atoms with Gasteiger partial charge in [-0.1, -0.05) is 17.7 Å². The minimum Gasteiger partial charge on any atom is -0.353 e. The van der Waals surface area contributed by atoms with Gasteiger partial charge in [-0.05, 0) is 38.2 Å². The summed E-state index contributed by atoms with van der Waals surface area (Å²) in [6.07, 6.45) is 2.00. The summed E-state index contributed by atoms with van der Waals surface area (Å²) in [6, 6.07) is 11.5. The molecule has 7 heteroatoms. The second kappa shape index (κ2) is 9.03. The molecule has 0 unspecified atom stereocenters. The SMILES string of the molecule is Cc1ccc(NC(=O)C(=O)NC[C@H](c2cccn2C)N2CCN(C)CC2)cc1. The van der Waals surface area contributed by atoms with Crippen LogP contribution in [-0.2, 0) is 16.6 Å². The number of aryl methyl sites for hydroxylation is 2. The van der Waals surface area contributed by atoms with Gasteiger partial charge >= 0.3 is 11.8 Å². The molecule has 7 nitrogen and oxygen atoms in total. The minimum absolute atomic E-state index is 0.0322. The van der Waals surface area contributed by atoms with Crippen molar-refractivity contribution in [1.29, 1.82) is 0 Å². The molecule has 2 heterocycles. The van der Waals surface area contributed by atoms with Gasteiger partial charge in [-0.2, -0.15) is 0 Å². The van der Waals surface area contributed by atoms with E-state index in [1.165, 1.54) is 0 Å². The molecule has 0 saturated carbocycles. The van der Waals surface area contributed by atoms with Crippen LogP contribution in [0.4, 0.5) is 5.69 Å². The molecule has 1 aromatic heterocycles. The average molecular weight is 383 g/mol. The van der Waals surface area contributed by atoms with E-state index < -0.39 is 11.8 Å². The predicted octanol–water partition coefficient (Wildman–Crippen LogP) is 1.38. The van der Waals surface area contributed by atoms with Gasteiger partial charge in [0.25, 0.3) is 0 Å². The summed E-state index contributed by atoms with van der Waals surface area (Å²) in [6.45, 7) is 6.20. The molecule has 0 aliphatic carbocycles. The maximum Gasteiger partial charge on any atom is 0.313 e. The van der Waals surface area contributed by atoms with Gasteiger partial charge in [-0.15, -0.1) is 0 Å². The Morgan fingerprint density at radius 2 is 1.68 bits per heavy atom. The Balaban J connectivity index is 1.62. The average Bonchev–Trinajstić information content (AvgIpc) is 3.10. The van der Waals surface area contributed by atoms with Crippen LogP contribution in [-0.4, -0.2) is 66.0 Å². The van der Waals surface area contributed by atoms with Gasteiger partial charge in [0.1, 0.15) is 0 Å². The van der Waals surface area contributed by atoms with Crippen LogP contribution in [0.1, 0.15) is 17.3 Å². The molecule has 1 aromatic carbocycles. The second-order valence-electron chi connectivity index (χ2n) is 7.43. The van der Waals surface area contributed by atoms with Gasteiger partial charge in [0.2, 0.25) is 0 Å². The zero-order valence-electron chi connectivity index (χ0n) is 16.8. The first-order valence-electron chi connectivity index (χ1n) is 9.63. The van der Waals surface area contributed by atoms with Crippen LogP contribution in [0.2, 0.25) is 0 Å². The van der Waals surface area contributed by atoms with E-state index in [0.717, 1.165) is 37.4 Å². The zero-order chi connectivity index (χ0) is 20.1. The number of hydrogen-bond donors (Lipinski definition) is 2. The lowest BCUT2D eigenvalue weighted by atomic mass is 10.1. The van der Waals surface area contributed by atoms with Crippen molar-refractivity contribution in [3.8, 4) is 0 Å². The normalized spacial score (nSPS) is 16.5. The molecule has 0 radical (unpaired) electrons. The van der Waals surface area contributed by atoms with E-state index in [0.29, 0.717) is 12.2 Å². The van der Waals surface area contributed by atoms with Gasteiger partial charge in [-0.25, -0.2) is 0 Å². The van der Waals surface area contributed by atoms with E-state index in [2.05, 4.69) is 38.1 Å². The lowest BCUT2D eigenvalue weighted by Gasteiger charge is -2.38. The standard InChI is InChI=1S/C21H29N5O2/c1-16-6-8-17(9-7-16)23-21(28)20(27)22-15-19(18-5-4-10-25(18)3)26-13-11-24(2)12-14-26/h4-10,19H,11-15H2,1-3H3,(H,22,27)(H,23,28)/t19-/m1/s1. The summed E-state index contributed by atoms with van der Waals surface area (Å²) in [5.41, 5.74) is 2.84. The number of hydrogen-bond acceptors (Lipinski definition) is 4. The number of piperazine rings is 1. The Labute approximate surface area is 166 Å². The van der Waals surface area contributed by atoms with Crippen LogP contribution in [0.3, 0.4) is 0 Å². The van der Waals surface area contributed by atoms with E-state index in [1.54, 1.807) is 12.1 Å². The quantitative estimate of drug-likeness (QED) is 0.766. The summed E-state index contributed by atoms with van der Waals surface area (Å²) < 4.78 is 2.07. The molecular weight excluding hydrogens is 354 g/mol. The highest BCUT2D eigenvalue weighted by molar-refractivity contribution is 6.39. The van der Waals surface area contributed by atoms with Gasteiger partial charge < -0.3 is 20.1 Å². The van der Waals surface area contributed by atoms with Gasteiger partial charge in [0.05, 0.1) is 6.04 Å². The number of anilines is 1. The Morgan fingerprint density at radius 3 is 2.29 bits per heavy atom. The van der Waals surface area contributed by atoms with Crippen LogP contribution in [0.15, 0.2) is 42.6 Å². The van der Waals surface area contributed by atoms with Crippen LogP contribution in [0, 0.1) is 6.92 Å². The number of rotatable bonds is 5. The molecule has 2 N–H and O–H groups in total. The Bertz CT molecular complexity index is 806. The molecule has 3 rings (SSSR count). The molecule has 1 fully saturated rings. The summed E-state index contributed by atoms with van der Waals surface area (Å²) in [5.74, 6) is -1.26. The number of carbonyl (C=O) groups excluding carboxylic acids is 2. The number of aromatic nitrogens is 1. The zero-order valence-corrected chi connectivity index (χ0v) is 16.8. The third kappa shape index (κ3) is 4.99. The largest absolute Gasteiger partial charge is 0.353 e. The molecule has 1 aliphatic rings. The molecule has 0 bridgehead atoms. The molecule has 1 aliphatic heterocycles. The first-order chi connectivity index (χ1) is 13.4. The fourth-order valence-corrected chi connectivity index (χ4v) is 3.47. The smallest absolute Gasteiger partial charge is 0.313 e. The van der Waals surface area contributed by atoms with Crippen molar-refractivity contribution in [2.24, 2.45) is 7.05 Å². The summed E-state index contributed by atoms with van der Waals surface area (Å²) in [5, 5.41) is 5.47. The fourth-order valence-electron chi connectivity index (χ4n) is 3.47. The number of benzene rings is 1. The van der Waals surface area contributed by atoms with E-state index in [9.17, 15) is 9.59 Å². The number of amides is 2. The first-order valence-corrected chi connectivity index (χ1v) is 9.63.